The van der Waals surface area contributed by atoms with Gasteiger partial charge in [0.25, 0.3) is 0 Å². The van der Waals surface area contributed by atoms with Gasteiger partial charge in [-0.25, -0.2) is 9.37 Å². The van der Waals surface area contributed by atoms with Crippen molar-refractivity contribution in [2.45, 2.75) is 16.5 Å². The van der Waals surface area contributed by atoms with Gasteiger partial charge in [0.05, 0.1) is 6.21 Å². The molecular formula is C19H14ClFN2OS. The molecule has 0 saturated heterocycles. The zero-order valence-corrected chi connectivity index (χ0v) is 14.7. The molecule has 0 aliphatic heterocycles. The number of halogens is 2. The van der Waals surface area contributed by atoms with E-state index in [0.29, 0.717) is 5.02 Å². The van der Waals surface area contributed by atoms with Crippen molar-refractivity contribution >= 4 is 29.6 Å². The van der Waals surface area contributed by atoms with Crippen molar-refractivity contribution in [2.24, 2.45) is 5.16 Å². The van der Waals surface area contributed by atoms with Crippen LogP contribution in [0, 0.1) is 5.82 Å². The summed E-state index contributed by atoms with van der Waals surface area (Å²) in [5.41, 5.74) is 1.70. The van der Waals surface area contributed by atoms with Crippen molar-refractivity contribution < 1.29 is 9.23 Å². The average Bonchev–Trinajstić information content (AvgIpc) is 2.63. The normalized spacial score (nSPS) is 11.0. The van der Waals surface area contributed by atoms with Crippen molar-refractivity contribution in [3.63, 3.8) is 0 Å². The van der Waals surface area contributed by atoms with Crippen LogP contribution in [0.1, 0.15) is 11.1 Å². The van der Waals surface area contributed by atoms with Gasteiger partial charge in [0, 0.05) is 21.7 Å². The molecule has 0 N–H and O–H groups in total. The lowest BCUT2D eigenvalue weighted by Gasteiger charge is -2.04. The molecule has 6 heteroatoms. The van der Waals surface area contributed by atoms with Gasteiger partial charge in [0.2, 0.25) is 0 Å². The van der Waals surface area contributed by atoms with Gasteiger partial charge in [-0.2, -0.15) is 0 Å². The predicted molar refractivity (Wildman–Crippen MR) is 98.6 cm³/mol. The Hall–Kier alpha value is -2.37. The molecule has 0 amide bonds. The second-order valence-electron chi connectivity index (χ2n) is 5.09. The molecule has 1 heterocycles. The Morgan fingerprint density at radius 3 is 2.60 bits per heavy atom. The lowest BCUT2D eigenvalue weighted by molar-refractivity contribution is 0.132. The maximum Gasteiger partial charge on any atom is 0.142 e. The summed E-state index contributed by atoms with van der Waals surface area (Å²) < 4.78 is 12.9. The fourth-order valence-electron chi connectivity index (χ4n) is 1.99. The van der Waals surface area contributed by atoms with Gasteiger partial charge in [-0.15, -0.1) is 0 Å². The minimum Gasteiger partial charge on any atom is -0.391 e. The van der Waals surface area contributed by atoms with Crippen LogP contribution in [0.3, 0.4) is 0 Å². The second kappa shape index (κ2) is 8.65. The molecule has 0 bridgehead atoms. The van der Waals surface area contributed by atoms with E-state index in [0.717, 1.165) is 21.0 Å². The number of pyridine rings is 1. The zero-order chi connectivity index (χ0) is 17.5. The quantitative estimate of drug-likeness (QED) is 0.418. The molecule has 2 aromatic carbocycles. The van der Waals surface area contributed by atoms with Crippen molar-refractivity contribution in [3.8, 4) is 0 Å². The van der Waals surface area contributed by atoms with Gasteiger partial charge in [-0.1, -0.05) is 40.7 Å². The molecule has 25 heavy (non-hydrogen) atoms. The zero-order valence-electron chi connectivity index (χ0n) is 13.1. The van der Waals surface area contributed by atoms with E-state index in [4.69, 9.17) is 16.4 Å². The molecule has 0 atom stereocenters. The first-order valence-electron chi connectivity index (χ1n) is 7.49. The number of hydrogen-bond acceptors (Lipinski definition) is 4. The number of aromatic nitrogens is 1. The average molecular weight is 373 g/mol. The first kappa shape index (κ1) is 17.5. The van der Waals surface area contributed by atoms with Crippen molar-refractivity contribution in [1.29, 1.82) is 0 Å². The van der Waals surface area contributed by atoms with E-state index >= 15 is 0 Å². The molecule has 0 unspecified atom stereocenters. The molecule has 3 nitrogen and oxygen atoms in total. The molecule has 0 fully saturated rings. The third-order valence-electron chi connectivity index (χ3n) is 3.24. The number of rotatable bonds is 6. The second-order valence-corrected chi connectivity index (χ2v) is 6.59. The van der Waals surface area contributed by atoms with Crippen LogP contribution < -0.4 is 0 Å². The summed E-state index contributed by atoms with van der Waals surface area (Å²) in [6, 6.07) is 17.4. The Labute approximate surface area is 154 Å². The van der Waals surface area contributed by atoms with Gasteiger partial charge in [0.15, 0.2) is 0 Å². The SMILES string of the molecule is Fc1ccc(CO/N=C/c2cccnc2Sc2ccc(Cl)cc2)cc1. The van der Waals surface area contributed by atoms with E-state index in [9.17, 15) is 4.39 Å². The van der Waals surface area contributed by atoms with E-state index in [1.807, 2.05) is 36.4 Å². The Morgan fingerprint density at radius 1 is 1.08 bits per heavy atom. The van der Waals surface area contributed by atoms with Crippen LogP contribution in [0.4, 0.5) is 4.39 Å². The smallest absolute Gasteiger partial charge is 0.142 e. The van der Waals surface area contributed by atoms with Crippen molar-refractivity contribution in [1.82, 2.24) is 4.98 Å². The van der Waals surface area contributed by atoms with Gasteiger partial charge >= 0.3 is 0 Å². The molecule has 0 saturated carbocycles. The van der Waals surface area contributed by atoms with Crippen LogP contribution in [0.2, 0.25) is 5.02 Å². The molecule has 1 aromatic heterocycles. The highest BCUT2D eigenvalue weighted by atomic mass is 35.5. The summed E-state index contributed by atoms with van der Waals surface area (Å²) >= 11 is 7.43. The fraction of sp³-hybridized carbons (Fsp3) is 0.0526. The number of nitrogens with zero attached hydrogens (tertiary/aromatic N) is 2. The molecule has 3 rings (SSSR count). The van der Waals surface area contributed by atoms with E-state index in [1.165, 1.54) is 23.9 Å². The topological polar surface area (TPSA) is 34.5 Å². The summed E-state index contributed by atoms with van der Waals surface area (Å²) in [5.74, 6) is -0.272. The predicted octanol–water partition coefficient (Wildman–Crippen LogP) is 5.58. The van der Waals surface area contributed by atoms with Gasteiger partial charge in [0.1, 0.15) is 17.5 Å². The number of oxime groups is 1. The van der Waals surface area contributed by atoms with E-state index < -0.39 is 0 Å². The summed E-state index contributed by atoms with van der Waals surface area (Å²) in [5, 5.41) is 5.50. The minimum atomic E-state index is -0.272. The minimum absolute atomic E-state index is 0.272. The van der Waals surface area contributed by atoms with Crippen LogP contribution >= 0.6 is 23.4 Å². The van der Waals surface area contributed by atoms with Gasteiger partial charge in [-0.3, -0.25) is 0 Å². The molecule has 0 radical (unpaired) electrons. The Balaban J connectivity index is 1.63. The van der Waals surface area contributed by atoms with Crippen LogP contribution in [-0.4, -0.2) is 11.2 Å². The van der Waals surface area contributed by atoms with Crippen LogP contribution in [-0.2, 0) is 11.4 Å². The van der Waals surface area contributed by atoms with E-state index in [-0.39, 0.29) is 12.4 Å². The third kappa shape index (κ3) is 5.31. The fourth-order valence-corrected chi connectivity index (χ4v) is 2.96. The summed E-state index contributed by atoms with van der Waals surface area (Å²) in [7, 11) is 0. The Kier molecular flexibility index (Phi) is 6.04. The molecule has 0 spiro atoms. The summed E-state index contributed by atoms with van der Waals surface area (Å²) in [6.45, 7) is 0.275. The standard InChI is InChI=1S/C19H14ClFN2OS/c20-16-5-9-18(10-6-16)25-19-15(2-1-11-22-19)12-23-24-13-14-3-7-17(21)8-4-14/h1-12H,13H2/b23-12+. The highest BCUT2D eigenvalue weighted by Crippen LogP contribution is 2.28. The monoisotopic (exact) mass is 372 g/mol. The first-order valence-corrected chi connectivity index (χ1v) is 8.68. The summed E-state index contributed by atoms with van der Waals surface area (Å²) in [4.78, 5) is 10.7. The van der Waals surface area contributed by atoms with Gasteiger partial charge in [-0.05, 0) is 54.1 Å². The lowest BCUT2D eigenvalue weighted by Crippen LogP contribution is -1.92. The van der Waals surface area contributed by atoms with Gasteiger partial charge < -0.3 is 4.84 Å². The van der Waals surface area contributed by atoms with Crippen molar-refractivity contribution in [2.75, 3.05) is 0 Å². The summed E-state index contributed by atoms with van der Waals surface area (Å²) in [6.07, 6.45) is 3.35. The molecular weight excluding hydrogens is 359 g/mol. The highest BCUT2D eigenvalue weighted by Gasteiger charge is 2.04. The molecule has 126 valence electrons. The van der Waals surface area contributed by atoms with Crippen molar-refractivity contribution in [3.05, 3.63) is 88.8 Å². The van der Waals surface area contributed by atoms with E-state index in [2.05, 4.69) is 10.1 Å². The Bertz CT molecular complexity index is 854. The van der Waals surface area contributed by atoms with Crippen LogP contribution in [0.15, 0.2) is 81.9 Å². The maximum absolute atomic E-state index is 12.9. The lowest BCUT2D eigenvalue weighted by atomic mass is 10.2. The number of benzene rings is 2. The van der Waals surface area contributed by atoms with Crippen LogP contribution in [0.25, 0.3) is 0 Å². The largest absolute Gasteiger partial charge is 0.391 e. The third-order valence-corrected chi connectivity index (χ3v) is 4.53. The maximum atomic E-state index is 12.9. The Morgan fingerprint density at radius 2 is 1.84 bits per heavy atom. The van der Waals surface area contributed by atoms with E-state index in [1.54, 1.807) is 24.5 Å². The number of hydrogen-bond donors (Lipinski definition) is 0. The first-order chi connectivity index (χ1) is 12.2. The van der Waals surface area contributed by atoms with Crippen LogP contribution in [0.5, 0.6) is 0 Å². The highest BCUT2D eigenvalue weighted by molar-refractivity contribution is 7.99. The molecule has 0 aliphatic carbocycles. The molecule has 0 aliphatic rings. The molecule has 3 aromatic rings.